The molecule has 1 aromatic heterocycles. The third-order valence-corrected chi connectivity index (χ3v) is 5.78. The van der Waals surface area contributed by atoms with Crippen LogP contribution in [0.25, 0.3) is 11.4 Å². The van der Waals surface area contributed by atoms with E-state index in [9.17, 15) is 4.79 Å². The van der Waals surface area contributed by atoms with E-state index in [-0.39, 0.29) is 5.91 Å². The smallest absolute Gasteiger partial charge is 0.226 e. The SMILES string of the molecule is Cc1cccc(-c2n[nH]c(=S)n2CCC(=O)Nc2ccccc2N2CCCCC2)c1. The number of hydrogen-bond donors (Lipinski definition) is 2. The molecule has 7 heteroatoms. The molecule has 0 saturated carbocycles. The topological polar surface area (TPSA) is 66.0 Å². The summed E-state index contributed by atoms with van der Waals surface area (Å²) in [6.07, 6.45) is 3.99. The monoisotopic (exact) mass is 421 g/mol. The van der Waals surface area contributed by atoms with Crippen LogP contribution in [0.5, 0.6) is 0 Å². The van der Waals surface area contributed by atoms with Gasteiger partial charge in [0.2, 0.25) is 5.91 Å². The number of H-pyrrole nitrogens is 1. The van der Waals surface area contributed by atoms with Gasteiger partial charge in [-0.25, -0.2) is 0 Å². The molecule has 0 radical (unpaired) electrons. The number of carbonyl (C=O) groups excluding carboxylic acids is 1. The molecule has 1 amide bonds. The summed E-state index contributed by atoms with van der Waals surface area (Å²) in [5.74, 6) is 0.725. The molecular formula is C23H27N5OS. The van der Waals surface area contributed by atoms with E-state index >= 15 is 0 Å². The first kappa shape index (κ1) is 20.3. The zero-order valence-corrected chi connectivity index (χ0v) is 18.0. The Morgan fingerprint density at radius 2 is 1.93 bits per heavy atom. The standard InChI is InChI=1S/C23H27N5OS/c1-17-8-7-9-18(16-17)22-25-26-23(30)28(22)15-12-21(29)24-19-10-3-4-11-20(19)27-13-5-2-6-14-27/h3-4,7-11,16H,2,5-6,12-15H2,1H3,(H,24,29)(H,26,30). The summed E-state index contributed by atoms with van der Waals surface area (Å²) in [4.78, 5) is 15.1. The van der Waals surface area contributed by atoms with Gasteiger partial charge in [-0.15, -0.1) is 0 Å². The molecule has 2 aromatic carbocycles. The number of anilines is 2. The Labute approximate surface area is 181 Å². The normalized spacial score (nSPS) is 14.0. The maximum Gasteiger partial charge on any atom is 0.226 e. The van der Waals surface area contributed by atoms with Gasteiger partial charge in [-0.2, -0.15) is 5.10 Å². The maximum absolute atomic E-state index is 12.7. The van der Waals surface area contributed by atoms with Crippen molar-refractivity contribution in [1.29, 1.82) is 0 Å². The van der Waals surface area contributed by atoms with Crippen LogP contribution in [0.3, 0.4) is 0 Å². The number of nitrogens with one attached hydrogen (secondary N) is 2. The summed E-state index contributed by atoms with van der Waals surface area (Å²) in [5, 5.41) is 10.3. The van der Waals surface area contributed by atoms with Crippen LogP contribution in [0.1, 0.15) is 31.2 Å². The third kappa shape index (κ3) is 4.62. The highest BCUT2D eigenvalue weighted by Gasteiger charge is 2.16. The van der Waals surface area contributed by atoms with E-state index in [1.54, 1.807) is 0 Å². The number of aryl methyl sites for hydroxylation is 1. The predicted molar refractivity (Wildman–Crippen MR) is 123 cm³/mol. The van der Waals surface area contributed by atoms with E-state index in [2.05, 4.69) is 32.5 Å². The molecule has 1 saturated heterocycles. The number of piperidine rings is 1. The molecule has 0 unspecified atom stereocenters. The fourth-order valence-electron chi connectivity index (χ4n) is 3.95. The number of nitrogens with zero attached hydrogens (tertiary/aromatic N) is 3. The van der Waals surface area contributed by atoms with E-state index in [4.69, 9.17) is 12.2 Å². The number of aromatic nitrogens is 3. The zero-order chi connectivity index (χ0) is 20.9. The highest BCUT2D eigenvalue weighted by atomic mass is 32.1. The molecule has 156 valence electrons. The summed E-state index contributed by atoms with van der Waals surface area (Å²) < 4.78 is 2.41. The van der Waals surface area contributed by atoms with Gasteiger partial charge in [0.05, 0.1) is 11.4 Å². The summed E-state index contributed by atoms with van der Waals surface area (Å²) in [6, 6.07) is 16.2. The molecule has 0 aliphatic carbocycles. The summed E-state index contributed by atoms with van der Waals surface area (Å²) in [6.45, 7) is 4.59. The molecule has 0 atom stereocenters. The predicted octanol–water partition coefficient (Wildman–Crippen LogP) is 4.94. The first-order valence-electron chi connectivity index (χ1n) is 10.5. The van der Waals surface area contributed by atoms with Crippen molar-refractivity contribution in [3.63, 3.8) is 0 Å². The Bertz CT molecular complexity index is 1080. The second kappa shape index (κ2) is 9.26. The van der Waals surface area contributed by atoms with Gasteiger partial charge in [0, 0.05) is 31.6 Å². The number of aromatic amines is 1. The lowest BCUT2D eigenvalue weighted by Crippen LogP contribution is -2.30. The largest absolute Gasteiger partial charge is 0.370 e. The van der Waals surface area contributed by atoms with Crippen molar-refractivity contribution in [1.82, 2.24) is 14.8 Å². The van der Waals surface area contributed by atoms with Crippen LogP contribution in [-0.2, 0) is 11.3 Å². The van der Waals surface area contributed by atoms with Crippen LogP contribution in [0, 0.1) is 11.7 Å². The van der Waals surface area contributed by atoms with Crippen LogP contribution in [0.4, 0.5) is 11.4 Å². The quantitative estimate of drug-likeness (QED) is 0.554. The van der Waals surface area contributed by atoms with Gasteiger partial charge >= 0.3 is 0 Å². The second-order valence-electron chi connectivity index (χ2n) is 7.74. The van der Waals surface area contributed by atoms with Crippen molar-refractivity contribution in [3.05, 3.63) is 58.9 Å². The van der Waals surface area contributed by atoms with E-state index in [0.29, 0.717) is 17.7 Å². The lowest BCUT2D eigenvalue weighted by molar-refractivity contribution is -0.116. The first-order valence-corrected chi connectivity index (χ1v) is 10.9. The van der Waals surface area contributed by atoms with Crippen molar-refractivity contribution >= 4 is 29.5 Å². The van der Waals surface area contributed by atoms with Gasteiger partial charge in [0.1, 0.15) is 0 Å². The van der Waals surface area contributed by atoms with Crippen molar-refractivity contribution in [3.8, 4) is 11.4 Å². The minimum Gasteiger partial charge on any atom is -0.370 e. The molecule has 2 N–H and O–H groups in total. The molecule has 4 rings (SSSR count). The third-order valence-electron chi connectivity index (χ3n) is 5.47. The molecule has 3 aromatic rings. The average Bonchev–Trinajstić information content (AvgIpc) is 3.14. The van der Waals surface area contributed by atoms with Gasteiger partial charge in [-0.1, -0.05) is 35.9 Å². The molecule has 1 aliphatic rings. The van der Waals surface area contributed by atoms with Gasteiger partial charge in [-0.05, 0) is 56.6 Å². The van der Waals surface area contributed by atoms with Crippen molar-refractivity contribution in [2.45, 2.75) is 39.2 Å². The van der Waals surface area contributed by atoms with Gasteiger partial charge in [0.15, 0.2) is 10.6 Å². The number of benzene rings is 2. The molecule has 0 spiro atoms. The molecule has 30 heavy (non-hydrogen) atoms. The lowest BCUT2D eigenvalue weighted by atomic mass is 10.1. The second-order valence-corrected chi connectivity index (χ2v) is 8.12. The molecule has 2 heterocycles. The molecule has 0 bridgehead atoms. The van der Waals surface area contributed by atoms with E-state index in [1.165, 1.54) is 19.3 Å². The van der Waals surface area contributed by atoms with Crippen LogP contribution >= 0.6 is 12.2 Å². The molecular weight excluding hydrogens is 394 g/mol. The average molecular weight is 422 g/mol. The van der Waals surface area contributed by atoms with Crippen molar-refractivity contribution in [2.24, 2.45) is 0 Å². The highest BCUT2D eigenvalue weighted by molar-refractivity contribution is 7.71. The van der Waals surface area contributed by atoms with E-state index < -0.39 is 0 Å². The van der Waals surface area contributed by atoms with Crippen molar-refractivity contribution < 1.29 is 4.79 Å². The van der Waals surface area contributed by atoms with Crippen LogP contribution < -0.4 is 10.2 Å². The zero-order valence-electron chi connectivity index (χ0n) is 17.2. The number of para-hydroxylation sites is 2. The molecule has 6 nitrogen and oxygen atoms in total. The maximum atomic E-state index is 12.7. The Balaban J connectivity index is 1.46. The highest BCUT2D eigenvalue weighted by Crippen LogP contribution is 2.28. The summed E-state index contributed by atoms with van der Waals surface area (Å²) in [7, 11) is 0. The van der Waals surface area contributed by atoms with Gasteiger partial charge < -0.3 is 10.2 Å². The van der Waals surface area contributed by atoms with Crippen LogP contribution in [0.2, 0.25) is 0 Å². The van der Waals surface area contributed by atoms with Crippen molar-refractivity contribution in [2.75, 3.05) is 23.3 Å². The number of hydrogen-bond acceptors (Lipinski definition) is 4. The lowest BCUT2D eigenvalue weighted by Gasteiger charge is -2.30. The van der Waals surface area contributed by atoms with Gasteiger partial charge in [-0.3, -0.25) is 14.5 Å². The number of rotatable bonds is 6. The fraction of sp³-hybridized carbons (Fsp3) is 0.348. The van der Waals surface area contributed by atoms with Gasteiger partial charge in [0.25, 0.3) is 0 Å². The summed E-state index contributed by atoms with van der Waals surface area (Å²) >= 11 is 5.40. The first-order chi connectivity index (χ1) is 14.6. The Morgan fingerprint density at radius 1 is 1.13 bits per heavy atom. The molecule has 1 fully saturated rings. The Morgan fingerprint density at radius 3 is 2.73 bits per heavy atom. The summed E-state index contributed by atoms with van der Waals surface area (Å²) in [5.41, 5.74) is 4.11. The molecule has 1 aliphatic heterocycles. The van der Waals surface area contributed by atoms with Crippen LogP contribution in [0.15, 0.2) is 48.5 Å². The van der Waals surface area contributed by atoms with E-state index in [0.717, 1.165) is 41.4 Å². The van der Waals surface area contributed by atoms with Crippen LogP contribution in [-0.4, -0.2) is 33.8 Å². The minimum atomic E-state index is -0.0299. The Kier molecular flexibility index (Phi) is 6.28. The van der Waals surface area contributed by atoms with E-state index in [1.807, 2.05) is 47.9 Å². The minimum absolute atomic E-state index is 0.0299. The number of carbonyl (C=O) groups is 1. The number of amides is 1. The fourth-order valence-corrected chi connectivity index (χ4v) is 4.17. The Hall–Kier alpha value is -2.93.